The fourth-order valence-corrected chi connectivity index (χ4v) is 3.77. The number of benzene rings is 2. The van der Waals surface area contributed by atoms with E-state index in [4.69, 9.17) is 4.74 Å². The standard InChI is InChI=1S/C21H25N3OS/c1-5-17-10-12-19(13-11-17)25-16(3)20-22-23-21(24(20)4)26-14-18-9-7-6-8-15(18)2/h6-13,16H,5,14H2,1-4H3. The van der Waals surface area contributed by atoms with Crippen molar-refractivity contribution in [2.75, 3.05) is 0 Å². The zero-order valence-electron chi connectivity index (χ0n) is 15.8. The first-order valence-electron chi connectivity index (χ1n) is 8.90. The molecule has 0 aliphatic heterocycles. The Hall–Kier alpha value is -2.27. The van der Waals surface area contributed by atoms with E-state index < -0.39 is 0 Å². The van der Waals surface area contributed by atoms with E-state index in [0.29, 0.717) is 0 Å². The Morgan fingerprint density at radius 1 is 1.08 bits per heavy atom. The third-order valence-electron chi connectivity index (χ3n) is 4.49. The minimum Gasteiger partial charge on any atom is -0.483 e. The molecule has 0 spiro atoms. The van der Waals surface area contributed by atoms with E-state index in [9.17, 15) is 0 Å². The Bertz CT molecular complexity index is 858. The average molecular weight is 368 g/mol. The number of hydrogen-bond acceptors (Lipinski definition) is 4. The fourth-order valence-electron chi connectivity index (χ4n) is 2.78. The first-order chi connectivity index (χ1) is 12.6. The summed E-state index contributed by atoms with van der Waals surface area (Å²) in [7, 11) is 2.00. The van der Waals surface area contributed by atoms with Crippen molar-refractivity contribution >= 4 is 11.8 Å². The van der Waals surface area contributed by atoms with E-state index >= 15 is 0 Å². The normalized spacial score (nSPS) is 12.2. The molecule has 0 N–H and O–H groups in total. The van der Waals surface area contributed by atoms with Gasteiger partial charge in [0.05, 0.1) is 0 Å². The molecule has 0 saturated heterocycles. The first-order valence-corrected chi connectivity index (χ1v) is 9.89. The van der Waals surface area contributed by atoms with Crippen LogP contribution in [0.2, 0.25) is 0 Å². The Labute approximate surface area is 159 Å². The van der Waals surface area contributed by atoms with Crippen molar-refractivity contribution in [1.29, 1.82) is 0 Å². The van der Waals surface area contributed by atoms with Gasteiger partial charge in [-0.15, -0.1) is 10.2 Å². The highest BCUT2D eigenvalue weighted by Crippen LogP contribution is 2.26. The molecule has 0 bridgehead atoms. The summed E-state index contributed by atoms with van der Waals surface area (Å²) >= 11 is 1.70. The van der Waals surface area contributed by atoms with Crippen LogP contribution in [0, 0.1) is 6.92 Å². The van der Waals surface area contributed by atoms with Crippen LogP contribution in [0.3, 0.4) is 0 Å². The van der Waals surface area contributed by atoms with E-state index in [2.05, 4.69) is 60.4 Å². The van der Waals surface area contributed by atoms with Crippen molar-refractivity contribution in [1.82, 2.24) is 14.8 Å². The van der Waals surface area contributed by atoms with Crippen molar-refractivity contribution in [3.8, 4) is 5.75 Å². The molecule has 0 amide bonds. The van der Waals surface area contributed by atoms with Crippen molar-refractivity contribution in [3.63, 3.8) is 0 Å². The Morgan fingerprint density at radius 3 is 2.50 bits per heavy atom. The second-order valence-electron chi connectivity index (χ2n) is 6.37. The predicted molar refractivity (Wildman–Crippen MR) is 107 cm³/mol. The van der Waals surface area contributed by atoms with Gasteiger partial charge in [0.2, 0.25) is 0 Å². The smallest absolute Gasteiger partial charge is 0.191 e. The molecule has 2 aromatic carbocycles. The lowest BCUT2D eigenvalue weighted by atomic mass is 10.1. The van der Waals surface area contributed by atoms with Gasteiger partial charge in [-0.3, -0.25) is 0 Å². The summed E-state index contributed by atoms with van der Waals surface area (Å²) in [6.45, 7) is 6.29. The first kappa shape index (κ1) is 18.5. The maximum Gasteiger partial charge on any atom is 0.191 e. The lowest BCUT2D eigenvalue weighted by molar-refractivity contribution is 0.211. The third-order valence-corrected chi connectivity index (χ3v) is 5.56. The van der Waals surface area contributed by atoms with E-state index in [-0.39, 0.29) is 6.10 Å². The molecule has 1 unspecified atom stereocenters. The minimum atomic E-state index is -0.159. The van der Waals surface area contributed by atoms with E-state index in [1.165, 1.54) is 16.7 Å². The van der Waals surface area contributed by atoms with Crippen LogP contribution in [0.25, 0.3) is 0 Å². The van der Waals surface area contributed by atoms with Gasteiger partial charge in [-0.25, -0.2) is 0 Å². The molecule has 0 radical (unpaired) electrons. The molecule has 0 fully saturated rings. The van der Waals surface area contributed by atoms with Crippen molar-refractivity contribution in [3.05, 3.63) is 71.0 Å². The quantitative estimate of drug-likeness (QED) is 0.544. The molecule has 3 aromatic rings. The van der Waals surface area contributed by atoms with E-state index in [0.717, 1.165) is 28.9 Å². The molecule has 1 atom stereocenters. The Kier molecular flexibility index (Phi) is 5.99. The molecule has 0 aliphatic rings. The van der Waals surface area contributed by atoms with Crippen molar-refractivity contribution in [2.24, 2.45) is 7.05 Å². The van der Waals surface area contributed by atoms with Gasteiger partial charge in [-0.05, 0) is 49.1 Å². The van der Waals surface area contributed by atoms with Gasteiger partial charge in [0.1, 0.15) is 5.75 Å². The van der Waals surface area contributed by atoms with E-state index in [1.807, 2.05) is 30.7 Å². The zero-order chi connectivity index (χ0) is 18.5. The van der Waals surface area contributed by atoms with Crippen LogP contribution in [-0.4, -0.2) is 14.8 Å². The van der Waals surface area contributed by atoms with Crippen molar-refractivity contribution in [2.45, 2.75) is 44.2 Å². The van der Waals surface area contributed by atoms with Gasteiger partial charge < -0.3 is 9.30 Å². The Morgan fingerprint density at radius 2 is 1.81 bits per heavy atom. The lowest BCUT2D eigenvalue weighted by Crippen LogP contribution is -2.10. The maximum absolute atomic E-state index is 6.04. The monoisotopic (exact) mass is 367 g/mol. The van der Waals surface area contributed by atoms with Gasteiger partial charge in [-0.2, -0.15) is 0 Å². The molecular weight excluding hydrogens is 342 g/mol. The maximum atomic E-state index is 6.04. The highest BCUT2D eigenvalue weighted by atomic mass is 32.2. The number of rotatable bonds is 7. The summed E-state index contributed by atoms with van der Waals surface area (Å²) in [5.74, 6) is 2.57. The summed E-state index contributed by atoms with van der Waals surface area (Å²) in [6, 6.07) is 16.7. The third kappa shape index (κ3) is 4.28. The summed E-state index contributed by atoms with van der Waals surface area (Å²) in [5, 5.41) is 9.60. The highest BCUT2D eigenvalue weighted by molar-refractivity contribution is 7.98. The van der Waals surface area contributed by atoms with Crippen LogP contribution >= 0.6 is 11.8 Å². The molecule has 1 aromatic heterocycles. The fraction of sp³-hybridized carbons (Fsp3) is 0.333. The van der Waals surface area contributed by atoms with Crippen LogP contribution in [0.4, 0.5) is 0 Å². The SMILES string of the molecule is CCc1ccc(OC(C)c2nnc(SCc3ccccc3C)n2C)cc1. The number of hydrogen-bond donors (Lipinski definition) is 0. The molecule has 0 aliphatic carbocycles. The molecule has 3 rings (SSSR count). The highest BCUT2D eigenvalue weighted by Gasteiger charge is 2.17. The van der Waals surface area contributed by atoms with Gasteiger partial charge in [-0.1, -0.05) is 55.1 Å². The number of aromatic nitrogens is 3. The molecular formula is C21H25N3OS. The number of thioether (sulfide) groups is 1. The molecule has 4 nitrogen and oxygen atoms in total. The topological polar surface area (TPSA) is 39.9 Å². The van der Waals surface area contributed by atoms with Crippen LogP contribution in [0.1, 0.15) is 42.5 Å². The summed E-state index contributed by atoms with van der Waals surface area (Å²) in [5.41, 5.74) is 3.93. The zero-order valence-corrected chi connectivity index (χ0v) is 16.6. The van der Waals surface area contributed by atoms with Crippen molar-refractivity contribution < 1.29 is 4.74 Å². The largest absolute Gasteiger partial charge is 0.483 e. The average Bonchev–Trinajstić information content (AvgIpc) is 3.02. The molecule has 1 heterocycles. The summed E-state index contributed by atoms with van der Waals surface area (Å²) in [4.78, 5) is 0. The molecule has 0 saturated carbocycles. The van der Waals surface area contributed by atoms with Gasteiger partial charge in [0.15, 0.2) is 17.1 Å². The molecule has 5 heteroatoms. The van der Waals surface area contributed by atoms with Gasteiger partial charge >= 0.3 is 0 Å². The Balaban J connectivity index is 1.66. The van der Waals surface area contributed by atoms with Gasteiger partial charge in [0, 0.05) is 12.8 Å². The number of ether oxygens (including phenoxy) is 1. The molecule has 136 valence electrons. The van der Waals surface area contributed by atoms with Gasteiger partial charge in [0.25, 0.3) is 0 Å². The lowest BCUT2D eigenvalue weighted by Gasteiger charge is -2.14. The minimum absolute atomic E-state index is 0.159. The second-order valence-corrected chi connectivity index (χ2v) is 7.32. The van der Waals surface area contributed by atoms with Crippen LogP contribution < -0.4 is 4.74 Å². The van der Waals surface area contributed by atoms with Crippen LogP contribution in [0.15, 0.2) is 53.7 Å². The molecule has 26 heavy (non-hydrogen) atoms. The number of nitrogens with zero attached hydrogens (tertiary/aromatic N) is 3. The van der Waals surface area contributed by atoms with Crippen LogP contribution in [-0.2, 0) is 19.2 Å². The second kappa shape index (κ2) is 8.41. The predicted octanol–water partition coefficient (Wildman–Crippen LogP) is 5.12. The number of aryl methyl sites for hydroxylation is 2. The summed E-state index contributed by atoms with van der Waals surface area (Å²) < 4.78 is 8.07. The summed E-state index contributed by atoms with van der Waals surface area (Å²) in [6.07, 6.45) is 0.869. The van der Waals surface area contributed by atoms with E-state index in [1.54, 1.807) is 11.8 Å². The van der Waals surface area contributed by atoms with Crippen LogP contribution in [0.5, 0.6) is 5.75 Å².